The second-order valence-corrected chi connectivity index (χ2v) is 17.8. The highest BCUT2D eigenvalue weighted by Gasteiger charge is 2.66. The van der Waals surface area contributed by atoms with E-state index in [1.807, 2.05) is 95.9 Å². The molecule has 2 aliphatic rings. The molecule has 1 saturated heterocycles. The van der Waals surface area contributed by atoms with Gasteiger partial charge in [-0.15, -0.1) is 5.10 Å². The Balaban J connectivity index is 1.26. The number of rotatable bonds is 9. The van der Waals surface area contributed by atoms with Crippen LogP contribution in [0.4, 0.5) is 11.4 Å². The first-order valence-corrected chi connectivity index (χ1v) is 19.3. The Morgan fingerprint density at radius 3 is 2.30 bits per heavy atom. The zero-order valence-corrected chi connectivity index (χ0v) is 28.2. The maximum atomic E-state index is 14.9. The number of hydrogen-bond donors (Lipinski definition) is 1. The number of hydrogen-bond acceptors (Lipinski definition) is 6. The molecule has 7 rings (SSSR count). The monoisotopic (exact) mass is 644 g/mol. The van der Waals surface area contributed by atoms with E-state index in [9.17, 15) is 9.90 Å². The smallest absolute Gasteiger partial charge is 0.268 e. The predicted molar refractivity (Wildman–Crippen MR) is 185 cm³/mol. The minimum atomic E-state index is -2.29. The van der Waals surface area contributed by atoms with Crippen molar-refractivity contribution in [2.24, 2.45) is 5.92 Å². The van der Waals surface area contributed by atoms with Crippen molar-refractivity contribution in [3.05, 3.63) is 132 Å². The average Bonchev–Trinajstić information content (AvgIpc) is 3.77. The summed E-state index contributed by atoms with van der Waals surface area (Å²) in [4.78, 5) is 16.7. The number of aryl methyl sites for hydroxylation is 1. The van der Waals surface area contributed by atoms with Crippen LogP contribution in [0.2, 0.25) is 18.6 Å². The van der Waals surface area contributed by atoms with Crippen LogP contribution in [-0.4, -0.2) is 47.3 Å². The second-order valence-electron chi connectivity index (χ2n) is 13.2. The van der Waals surface area contributed by atoms with E-state index >= 15 is 0 Å². The SMILES string of the molecule is COc1ccc([Si](C)(C)[C@H]2[C@H](CCn3cc([C@H](O)c4ccccc4)nn3)O[C@@]3(C(=O)N(c4ccccc4)c4ccccc43)[C@@H]2C)cc1. The summed E-state index contributed by atoms with van der Waals surface area (Å²) >= 11 is 0. The molecule has 0 aliphatic carbocycles. The first-order valence-electron chi connectivity index (χ1n) is 16.2. The van der Waals surface area contributed by atoms with Crippen LogP contribution in [0.15, 0.2) is 115 Å². The number of benzene rings is 4. The topological polar surface area (TPSA) is 89.7 Å². The first kappa shape index (κ1) is 31.0. The molecule has 47 heavy (non-hydrogen) atoms. The summed E-state index contributed by atoms with van der Waals surface area (Å²) in [6.45, 7) is 7.50. The van der Waals surface area contributed by atoms with Crippen LogP contribution < -0.4 is 14.8 Å². The molecule has 5 atom stereocenters. The molecule has 0 radical (unpaired) electrons. The molecule has 8 nitrogen and oxygen atoms in total. The predicted octanol–water partition coefficient (Wildman–Crippen LogP) is 6.35. The van der Waals surface area contributed by atoms with Gasteiger partial charge in [0.1, 0.15) is 17.5 Å². The fourth-order valence-corrected chi connectivity index (χ4v) is 12.0. The van der Waals surface area contributed by atoms with Gasteiger partial charge >= 0.3 is 0 Å². The van der Waals surface area contributed by atoms with Crippen LogP contribution >= 0.6 is 0 Å². The Morgan fingerprint density at radius 1 is 0.936 bits per heavy atom. The maximum absolute atomic E-state index is 14.9. The molecule has 1 spiro atoms. The van der Waals surface area contributed by atoms with Crippen LogP contribution in [0.1, 0.15) is 36.3 Å². The van der Waals surface area contributed by atoms with Crippen molar-refractivity contribution < 1.29 is 19.4 Å². The molecule has 5 aromatic rings. The van der Waals surface area contributed by atoms with E-state index in [1.165, 1.54) is 5.19 Å². The highest BCUT2D eigenvalue weighted by Crippen LogP contribution is 2.60. The molecular weight excluding hydrogens is 605 g/mol. The summed E-state index contributed by atoms with van der Waals surface area (Å²) < 4.78 is 14.5. The number of aromatic nitrogens is 3. The average molecular weight is 645 g/mol. The lowest BCUT2D eigenvalue weighted by molar-refractivity contribution is -0.145. The lowest BCUT2D eigenvalue weighted by atomic mass is 9.82. The van der Waals surface area contributed by atoms with Crippen molar-refractivity contribution in [3.63, 3.8) is 0 Å². The number of aliphatic hydroxyl groups is 1. The summed E-state index contributed by atoms with van der Waals surface area (Å²) in [5, 5.41) is 20.9. The Morgan fingerprint density at radius 2 is 1.60 bits per heavy atom. The Hall–Kier alpha value is -4.57. The number of nitrogens with zero attached hydrogens (tertiary/aromatic N) is 4. The number of methoxy groups -OCH3 is 1. The molecule has 1 N–H and O–H groups in total. The molecule has 0 bridgehead atoms. The van der Waals surface area contributed by atoms with Crippen LogP contribution in [0.3, 0.4) is 0 Å². The van der Waals surface area contributed by atoms with Crippen LogP contribution in [0, 0.1) is 5.92 Å². The fraction of sp³-hybridized carbons (Fsp3) is 0.289. The quantitative estimate of drug-likeness (QED) is 0.188. The van der Waals surface area contributed by atoms with Gasteiger partial charge in [-0.1, -0.05) is 109 Å². The van der Waals surface area contributed by atoms with E-state index in [-0.39, 0.29) is 23.5 Å². The highest BCUT2D eigenvalue weighted by atomic mass is 28.3. The molecule has 240 valence electrons. The van der Waals surface area contributed by atoms with Crippen molar-refractivity contribution in [2.45, 2.75) is 56.3 Å². The number of ether oxygens (including phenoxy) is 2. The van der Waals surface area contributed by atoms with Crippen LogP contribution in [0.25, 0.3) is 0 Å². The second kappa shape index (κ2) is 12.2. The number of carbonyl (C=O) groups excluding carboxylic acids is 1. The summed E-state index contributed by atoms with van der Waals surface area (Å²) in [7, 11) is -0.605. The van der Waals surface area contributed by atoms with Crippen molar-refractivity contribution >= 4 is 30.5 Å². The molecule has 1 amide bonds. The van der Waals surface area contributed by atoms with Gasteiger partial charge < -0.3 is 14.6 Å². The van der Waals surface area contributed by atoms with E-state index in [0.29, 0.717) is 18.7 Å². The molecule has 0 saturated carbocycles. The van der Waals surface area contributed by atoms with E-state index in [2.05, 4.69) is 48.5 Å². The fourth-order valence-electron chi connectivity index (χ4n) is 7.91. The Kier molecular flexibility index (Phi) is 8.07. The molecular formula is C38H40N4O4Si. The third kappa shape index (κ3) is 5.19. The number of fused-ring (bicyclic) bond motifs is 2. The van der Waals surface area contributed by atoms with Crippen LogP contribution in [0.5, 0.6) is 5.75 Å². The van der Waals surface area contributed by atoms with Gasteiger partial charge in [-0.2, -0.15) is 0 Å². The standard InChI is InChI=1S/C38H40N4O4Si/c1-26-36(47(3,4)30-21-19-29(45-2)20-22-30)34(23-24-41-25-32(39-40-41)35(43)27-13-7-5-8-14-27)46-38(26)31-17-11-12-18-33(31)42(37(38)44)28-15-9-6-10-16-28/h5-22,25-26,34-36,43H,23-24H2,1-4H3/t26-,34+,35-,36-,38+/m1/s1. The summed E-state index contributed by atoms with van der Waals surface area (Å²) in [5.74, 6) is 0.670. The zero-order chi connectivity index (χ0) is 32.8. The Bertz CT molecular complexity index is 1860. The Labute approximate surface area is 276 Å². The van der Waals surface area contributed by atoms with Crippen molar-refractivity contribution in [1.82, 2.24) is 15.0 Å². The normalized spacial score (nSPS) is 22.9. The minimum absolute atomic E-state index is 0.0431. The molecule has 3 heterocycles. The number of anilines is 2. The first-order chi connectivity index (χ1) is 22.8. The number of carbonyl (C=O) groups is 1. The zero-order valence-electron chi connectivity index (χ0n) is 27.2. The largest absolute Gasteiger partial charge is 0.497 e. The van der Waals surface area contributed by atoms with Gasteiger partial charge in [-0.3, -0.25) is 14.4 Å². The maximum Gasteiger partial charge on any atom is 0.268 e. The van der Waals surface area contributed by atoms with Crippen molar-refractivity contribution in [1.29, 1.82) is 0 Å². The third-order valence-corrected chi connectivity index (χ3v) is 14.6. The summed E-state index contributed by atoms with van der Waals surface area (Å²) in [6, 6.07) is 35.8. The van der Waals surface area contributed by atoms with Gasteiger partial charge in [0.2, 0.25) is 0 Å². The van der Waals surface area contributed by atoms with Gasteiger partial charge in [-0.05, 0) is 47.9 Å². The molecule has 1 aromatic heterocycles. The van der Waals surface area contributed by atoms with Gasteiger partial charge in [0.15, 0.2) is 5.60 Å². The minimum Gasteiger partial charge on any atom is -0.497 e. The van der Waals surface area contributed by atoms with E-state index in [0.717, 1.165) is 28.3 Å². The number of aliphatic hydroxyl groups excluding tert-OH is 1. The van der Waals surface area contributed by atoms with Gasteiger partial charge in [0.05, 0.1) is 33.2 Å². The van der Waals surface area contributed by atoms with Gasteiger partial charge in [-0.25, -0.2) is 0 Å². The lowest BCUT2D eigenvalue weighted by Crippen LogP contribution is -2.51. The van der Waals surface area contributed by atoms with Gasteiger partial charge in [0.25, 0.3) is 5.91 Å². The van der Waals surface area contributed by atoms with Crippen molar-refractivity contribution in [2.75, 3.05) is 12.0 Å². The molecule has 0 unspecified atom stereocenters. The van der Waals surface area contributed by atoms with E-state index in [1.54, 1.807) is 18.0 Å². The highest BCUT2D eigenvalue weighted by molar-refractivity contribution is 6.91. The van der Waals surface area contributed by atoms with E-state index in [4.69, 9.17) is 9.47 Å². The van der Waals surface area contributed by atoms with Crippen molar-refractivity contribution in [3.8, 4) is 5.75 Å². The van der Waals surface area contributed by atoms with E-state index < -0.39 is 19.8 Å². The summed E-state index contributed by atoms with van der Waals surface area (Å²) in [6.07, 6.45) is 1.35. The van der Waals surface area contributed by atoms with Gasteiger partial charge in [0, 0.05) is 23.7 Å². The third-order valence-electron chi connectivity index (χ3n) is 10.3. The number of para-hydroxylation sites is 2. The number of amides is 1. The molecule has 1 fully saturated rings. The lowest BCUT2D eigenvalue weighted by Gasteiger charge is -2.37. The molecule has 4 aromatic carbocycles. The summed E-state index contributed by atoms with van der Waals surface area (Å²) in [5.41, 5.74) is 2.85. The molecule has 2 aliphatic heterocycles. The molecule has 9 heteroatoms. The van der Waals surface area contributed by atoms with Crippen LogP contribution in [-0.2, 0) is 21.7 Å².